The zero-order valence-corrected chi connectivity index (χ0v) is 13.2. The zero-order chi connectivity index (χ0) is 16.7. The second-order valence-corrected chi connectivity index (χ2v) is 4.95. The van der Waals surface area contributed by atoms with Crippen LogP contribution in [0.3, 0.4) is 0 Å². The van der Waals surface area contributed by atoms with Crippen molar-refractivity contribution in [3.63, 3.8) is 0 Å². The fraction of sp³-hybridized carbons (Fsp3) is 0.467. The first kappa shape index (κ1) is 17.6. The standard InChI is InChI=1S/C15H22N2O5/c1-9(2)22-15(19)17-12(14(18)21-4)7-10-5-6-11(16)8-13(10)20-3/h5-6,8-9,12H,7,16H2,1-4H3,(H,17,19). The first-order chi connectivity index (χ1) is 10.4. The van der Waals surface area contributed by atoms with E-state index in [4.69, 9.17) is 19.9 Å². The molecule has 0 aliphatic rings. The predicted molar refractivity (Wildman–Crippen MR) is 81.7 cm³/mol. The Morgan fingerprint density at radius 3 is 2.50 bits per heavy atom. The lowest BCUT2D eigenvalue weighted by Crippen LogP contribution is -2.44. The summed E-state index contributed by atoms with van der Waals surface area (Å²) in [5.74, 6) is -0.0347. The van der Waals surface area contributed by atoms with Crippen LogP contribution in [0.4, 0.5) is 10.5 Å². The van der Waals surface area contributed by atoms with Crippen LogP contribution < -0.4 is 15.8 Å². The van der Waals surface area contributed by atoms with Gasteiger partial charge in [0.2, 0.25) is 0 Å². The second-order valence-electron chi connectivity index (χ2n) is 4.95. The van der Waals surface area contributed by atoms with Crippen molar-refractivity contribution in [1.29, 1.82) is 0 Å². The molecule has 0 aromatic heterocycles. The van der Waals surface area contributed by atoms with Crippen molar-refractivity contribution in [1.82, 2.24) is 5.32 Å². The number of anilines is 1. The molecule has 122 valence electrons. The summed E-state index contributed by atoms with van der Waals surface area (Å²) in [4.78, 5) is 23.5. The van der Waals surface area contributed by atoms with Gasteiger partial charge in [0.15, 0.2) is 0 Å². The summed E-state index contributed by atoms with van der Waals surface area (Å²) >= 11 is 0. The Kier molecular flexibility index (Phi) is 6.49. The molecule has 22 heavy (non-hydrogen) atoms. The third kappa shape index (κ3) is 5.16. The summed E-state index contributed by atoms with van der Waals surface area (Å²) in [6.45, 7) is 3.44. The van der Waals surface area contributed by atoms with Crippen LogP contribution in [0.15, 0.2) is 18.2 Å². The fourth-order valence-corrected chi connectivity index (χ4v) is 1.88. The molecule has 0 heterocycles. The van der Waals surface area contributed by atoms with E-state index in [1.807, 2.05) is 0 Å². The van der Waals surface area contributed by atoms with Gasteiger partial charge in [0, 0.05) is 18.2 Å². The number of alkyl carbamates (subject to hydrolysis) is 1. The molecule has 7 heteroatoms. The average Bonchev–Trinajstić information content (AvgIpc) is 2.46. The van der Waals surface area contributed by atoms with E-state index in [2.05, 4.69) is 5.32 Å². The summed E-state index contributed by atoms with van der Waals surface area (Å²) < 4.78 is 14.9. The van der Waals surface area contributed by atoms with E-state index < -0.39 is 18.1 Å². The number of ether oxygens (including phenoxy) is 3. The van der Waals surface area contributed by atoms with Gasteiger partial charge in [-0.2, -0.15) is 0 Å². The maximum Gasteiger partial charge on any atom is 0.408 e. The molecular formula is C15H22N2O5. The third-order valence-corrected chi connectivity index (χ3v) is 2.86. The molecule has 7 nitrogen and oxygen atoms in total. The van der Waals surface area contributed by atoms with Crippen molar-refractivity contribution in [3.8, 4) is 5.75 Å². The molecular weight excluding hydrogens is 288 g/mol. The highest BCUT2D eigenvalue weighted by Crippen LogP contribution is 2.23. The van der Waals surface area contributed by atoms with Gasteiger partial charge in [-0.1, -0.05) is 6.07 Å². The molecule has 1 atom stereocenters. The number of nitrogens with one attached hydrogen (secondary N) is 1. The molecule has 0 aliphatic heterocycles. The molecule has 1 aromatic carbocycles. The van der Waals surface area contributed by atoms with Gasteiger partial charge < -0.3 is 25.3 Å². The molecule has 1 unspecified atom stereocenters. The van der Waals surface area contributed by atoms with Crippen LogP contribution in [0.1, 0.15) is 19.4 Å². The Morgan fingerprint density at radius 1 is 1.27 bits per heavy atom. The normalized spacial score (nSPS) is 11.7. The minimum Gasteiger partial charge on any atom is -0.496 e. The van der Waals surface area contributed by atoms with Gasteiger partial charge >= 0.3 is 12.1 Å². The SMILES string of the molecule is COC(=O)C(Cc1ccc(N)cc1OC)NC(=O)OC(C)C. The van der Waals surface area contributed by atoms with Crippen molar-refractivity contribution in [2.45, 2.75) is 32.4 Å². The molecule has 3 N–H and O–H groups in total. The smallest absolute Gasteiger partial charge is 0.408 e. The Morgan fingerprint density at radius 2 is 1.95 bits per heavy atom. The van der Waals surface area contributed by atoms with Gasteiger partial charge in [-0.3, -0.25) is 0 Å². The molecule has 0 spiro atoms. The van der Waals surface area contributed by atoms with Crippen LogP contribution in [-0.4, -0.2) is 38.4 Å². The molecule has 1 amide bonds. The summed E-state index contributed by atoms with van der Waals surface area (Å²) in [6.07, 6.45) is -0.771. The Labute approximate surface area is 129 Å². The topological polar surface area (TPSA) is 99.9 Å². The Hall–Kier alpha value is -2.44. The molecule has 1 aromatic rings. The van der Waals surface area contributed by atoms with Crippen molar-refractivity contribution >= 4 is 17.7 Å². The van der Waals surface area contributed by atoms with Crippen molar-refractivity contribution < 1.29 is 23.8 Å². The van der Waals surface area contributed by atoms with Gasteiger partial charge in [-0.05, 0) is 25.5 Å². The monoisotopic (exact) mass is 310 g/mol. The van der Waals surface area contributed by atoms with Gasteiger partial charge in [-0.25, -0.2) is 9.59 Å². The Balaban J connectivity index is 2.90. The minimum atomic E-state index is -0.881. The Bertz CT molecular complexity index is 531. The maximum absolute atomic E-state index is 11.8. The number of carbonyl (C=O) groups excluding carboxylic acids is 2. The van der Waals surface area contributed by atoms with Crippen molar-refractivity contribution in [2.24, 2.45) is 0 Å². The lowest BCUT2D eigenvalue weighted by molar-refractivity contribution is -0.143. The number of rotatable bonds is 6. The molecule has 0 fully saturated rings. The van der Waals surface area contributed by atoms with E-state index in [0.29, 0.717) is 11.4 Å². The van der Waals surface area contributed by atoms with Gasteiger partial charge in [0.1, 0.15) is 11.8 Å². The number of esters is 1. The average molecular weight is 310 g/mol. The number of nitrogen functional groups attached to an aromatic ring is 1. The lowest BCUT2D eigenvalue weighted by Gasteiger charge is -2.19. The maximum atomic E-state index is 11.8. The lowest BCUT2D eigenvalue weighted by atomic mass is 10.0. The highest BCUT2D eigenvalue weighted by Gasteiger charge is 2.24. The van der Waals surface area contributed by atoms with Crippen LogP contribution in [0.2, 0.25) is 0 Å². The summed E-state index contributed by atoms with van der Waals surface area (Å²) in [5, 5.41) is 2.49. The molecule has 0 radical (unpaired) electrons. The van der Waals surface area contributed by atoms with Crippen LogP contribution >= 0.6 is 0 Å². The number of methoxy groups -OCH3 is 2. The van der Waals surface area contributed by atoms with Crippen LogP contribution in [0, 0.1) is 0 Å². The number of hydrogen-bond acceptors (Lipinski definition) is 6. The summed E-state index contributed by atoms with van der Waals surface area (Å²) in [7, 11) is 2.76. The van der Waals surface area contributed by atoms with Gasteiger partial charge in [0.05, 0.1) is 20.3 Å². The summed E-state index contributed by atoms with van der Waals surface area (Å²) in [5.41, 5.74) is 6.96. The number of amides is 1. The summed E-state index contributed by atoms with van der Waals surface area (Å²) in [6, 6.07) is 4.20. The molecule has 0 saturated heterocycles. The minimum absolute atomic E-state index is 0.198. The first-order valence-corrected chi connectivity index (χ1v) is 6.84. The van der Waals surface area contributed by atoms with Crippen LogP contribution in [-0.2, 0) is 20.7 Å². The number of carbonyl (C=O) groups is 2. The van der Waals surface area contributed by atoms with E-state index in [0.717, 1.165) is 5.56 Å². The van der Waals surface area contributed by atoms with Gasteiger partial charge in [-0.15, -0.1) is 0 Å². The van der Waals surface area contributed by atoms with E-state index >= 15 is 0 Å². The highest BCUT2D eigenvalue weighted by molar-refractivity contribution is 5.81. The fourth-order valence-electron chi connectivity index (χ4n) is 1.88. The largest absolute Gasteiger partial charge is 0.496 e. The third-order valence-electron chi connectivity index (χ3n) is 2.86. The predicted octanol–water partition coefficient (Wildman–Crippen LogP) is 1.50. The number of hydrogen-bond donors (Lipinski definition) is 2. The van der Waals surface area contributed by atoms with E-state index in [-0.39, 0.29) is 12.5 Å². The number of benzene rings is 1. The molecule has 0 saturated carbocycles. The molecule has 1 rings (SSSR count). The van der Waals surface area contributed by atoms with Crippen molar-refractivity contribution in [3.05, 3.63) is 23.8 Å². The molecule has 0 aliphatic carbocycles. The van der Waals surface area contributed by atoms with Crippen LogP contribution in [0.5, 0.6) is 5.75 Å². The van der Waals surface area contributed by atoms with Gasteiger partial charge in [0.25, 0.3) is 0 Å². The number of nitrogens with two attached hydrogens (primary N) is 1. The second kappa shape index (κ2) is 8.11. The van der Waals surface area contributed by atoms with E-state index in [1.165, 1.54) is 14.2 Å². The van der Waals surface area contributed by atoms with E-state index in [9.17, 15) is 9.59 Å². The quantitative estimate of drug-likeness (QED) is 0.610. The van der Waals surface area contributed by atoms with E-state index in [1.54, 1.807) is 32.0 Å². The van der Waals surface area contributed by atoms with Crippen LogP contribution in [0.25, 0.3) is 0 Å². The molecule has 0 bridgehead atoms. The zero-order valence-electron chi connectivity index (χ0n) is 13.2. The highest BCUT2D eigenvalue weighted by atomic mass is 16.6. The first-order valence-electron chi connectivity index (χ1n) is 6.84. The van der Waals surface area contributed by atoms with Crippen molar-refractivity contribution in [2.75, 3.05) is 20.0 Å².